The predicted molar refractivity (Wildman–Crippen MR) is 79.8 cm³/mol. The van der Waals surface area contributed by atoms with Gasteiger partial charge in [-0.1, -0.05) is 12.1 Å². The molecule has 0 radical (unpaired) electrons. The van der Waals surface area contributed by atoms with E-state index < -0.39 is 5.97 Å². The van der Waals surface area contributed by atoms with Gasteiger partial charge in [-0.05, 0) is 30.3 Å². The highest BCUT2D eigenvalue weighted by Gasteiger charge is 2.18. The van der Waals surface area contributed by atoms with E-state index >= 15 is 0 Å². The van der Waals surface area contributed by atoms with Crippen molar-refractivity contribution in [3.8, 4) is 22.8 Å². The second kappa shape index (κ2) is 6.09. The molecule has 3 aromatic rings. The van der Waals surface area contributed by atoms with Crippen molar-refractivity contribution in [3.05, 3.63) is 60.4 Å². The van der Waals surface area contributed by atoms with Crippen molar-refractivity contribution in [2.45, 2.75) is 0 Å². The Morgan fingerprint density at radius 3 is 2.18 bits per heavy atom. The number of nitrogens with zero attached hydrogens (tertiary/aromatic N) is 4. The van der Waals surface area contributed by atoms with Crippen LogP contribution >= 0.6 is 0 Å². The number of ether oxygens (including phenoxy) is 1. The van der Waals surface area contributed by atoms with Gasteiger partial charge in [0.25, 0.3) is 0 Å². The van der Waals surface area contributed by atoms with Crippen LogP contribution in [0.2, 0.25) is 0 Å². The van der Waals surface area contributed by atoms with E-state index in [1.54, 1.807) is 42.7 Å². The second-order valence-electron chi connectivity index (χ2n) is 4.41. The second-order valence-corrected chi connectivity index (χ2v) is 4.41. The first-order chi connectivity index (χ1) is 10.8. The molecule has 22 heavy (non-hydrogen) atoms. The van der Waals surface area contributed by atoms with E-state index in [2.05, 4.69) is 20.2 Å². The fourth-order valence-electron chi connectivity index (χ4n) is 1.99. The molecule has 0 amide bonds. The minimum atomic E-state index is -0.493. The van der Waals surface area contributed by atoms with Gasteiger partial charge >= 0.3 is 5.97 Å². The molecule has 3 heterocycles. The number of pyridine rings is 2. The molecule has 0 aliphatic rings. The van der Waals surface area contributed by atoms with Crippen molar-refractivity contribution in [3.63, 3.8) is 0 Å². The molecule has 0 N–H and O–H groups in total. The third-order valence-corrected chi connectivity index (χ3v) is 3.03. The summed E-state index contributed by atoms with van der Waals surface area (Å²) in [4.78, 5) is 20.5. The van der Waals surface area contributed by atoms with E-state index in [1.165, 1.54) is 7.11 Å². The molecule has 3 aromatic heterocycles. The van der Waals surface area contributed by atoms with Crippen LogP contribution in [0.5, 0.6) is 0 Å². The van der Waals surface area contributed by atoms with Crippen LogP contribution in [0.1, 0.15) is 10.4 Å². The smallest absolute Gasteiger partial charge is 0.340 e. The zero-order chi connectivity index (χ0) is 15.4. The molecule has 6 nitrogen and oxygen atoms in total. The fraction of sp³-hybridized carbons (Fsp3) is 0.0625. The number of hydrogen-bond acceptors (Lipinski definition) is 6. The van der Waals surface area contributed by atoms with Crippen molar-refractivity contribution >= 4 is 5.97 Å². The van der Waals surface area contributed by atoms with E-state index in [4.69, 9.17) is 4.74 Å². The van der Waals surface area contributed by atoms with Crippen LogP contribution in [0.3, 0.4) is 0 Å². The molecule has 0 saturated carbocycles. The Balaban J connectivity index is 2.14. The molecule has 0 bridgehead atoms. The van der Waals surface area contributed by atoms with Crippen LogP contribution in [-0.4, -0.2) is 33.2 Å². The maximum atomic E-state index is 12.1. The maximum absolute atomic E-state index is 12.1. The van der Waals surface area contributed by atoms with Crippen molar-refractivity contribution in [1.82, 2.24) is 20.2 Å². The Hall–Kier alpha value is -3.15. The van der Waals surface area contributed by atoms with Crippen LogP contribution in [0.25, 0.3) is 22.8 Å². The Morgan fingerprint density at radius 1 is 0.909 bits per heavy atom. The summed E-state index contributed by atoms with van der Waals surface area (Å²) in [6, 6.07) is 12.4. The number of carbonyl (C=O) groups excluding carboxylic acids is 1. The van der Waals surface area contributed by atoms with Gasteiger partial charge in [0, 0.05) is 12.4 Å². The summed E-state index contributed by atoms with van der Waals surface area (Å²) in [6.07, 6.45) is 3.28. The number of aromatic nitrogens is 4. The van der Waals surface area contributed by atoms with Gasteiger partial charge in [0.2, 0.25) is 0 Å². The molecule has 0 spiro atoms. The lowest BCUT2D eigenvalue weighted by Crippen LogP contribution is -2.08. The number of hydrogen-bond donors (Lipinski definition) is 0. The van der Waals surface area contributed by atoms with Gasteiger partial charge in [-0.2, -0.15) is 0 Å². The third kappa shape index (κ3) is 2.67. The molecule has 0 unspecified atom stereocenters. The maximum Gasteiger partial charge on any atom is 0.340 e. The molecule has 3 rings (SSSR count). The van der Waals surface area contributed by atoms with Crippen LogP contribution in [0, 0.1) is 0 Å². The van der Waals surface area contributed by atoms with Crippen LogP contribution in [-0.2, 0) is 4.74 Å². The normalized spacial score (nSPS) is 10.2. The van der Waals surface area contributed by atoms with E-state index in [9.17, 15) is 4.79 Å². The van der Waals surface area contributed by atoms with Gasteiger partial charge in [-0.3, -0.25) is 9.97 Å². The average molecular weight is 292 g/mol. The summed E-state index contributed by atoms with van der Waals surface area (Å²) in [7, 11) is 1.32. The Morgan fingerprint density at radius 2 is 1.59 bits per heavy atom. The van der Waals surface area contributed by atoms with Crippen LogP contribution in [0.15, 0.2) is 54.9 Å². The molecule has 0 fully saturated rings. The quantitative estimate of drug-likeness (QED) is 0.690. The van der Waals surface area contributed by atoms with Gasteiger partial charge in [0.1, 0.15) is 11.4 Å². The molecular formula is C16H12N4O2. The van der Waals surface area contributed by atoms with Crippen molar-refractivity contribution in [2.75, 3.05) is 7.11 Å². The molecule has 0 saturated heterocycles. The molecule has 6 heteroatoms. The van der Waals surface area contributed by atoms with Gasteiger partial charge < -0.3 is 4.74 Å². The average Bonchev–Trinajstić information content (AvgIpc) is 2.62. The standard InChI is InChI=1S/C16H12N4O2/c1-22-16(21)11-10-14(12-6-2-4-8-17-12)19-20-15(11)13-7-3-5-9-18-13/h2-10H,1H3. The number of carbonyl (C=O) groups is 1. The highest BCUT2D eigenvalue weighted by Crippen LogP contribution is 2.23. The Labute approximate surface area is 126 Å². The van der Waals surface area contributed by atoms with Crippen molar-refractivity contribution in [2.24, 2.45) is 0 Å². The van der Waals surface area contributed by atoms with Crippen LogP contribution < -0.4 is 0 Å². The summed E-state index contributed by atoms with van der Waals surface area (Å²) in [5.41, 5.74) is 2.38. The first-order valence-electron chi connectivity index (χ1n) is 6.58. The highest BCUT2D eigenvalue weighted by molar-refractivity contribution is 5.96. The monoisotopic (exact) mass is 292 g/mol. The summed E-state index contributed by atoms with van der Waals surface area (Å²) in [6.45, 7) is 0. The number of methoxy groups -OCH3 is 1. The minimum Gasteiger partial charge on any atom is -0.465 e. The van der Waals surface area contributed by atoms with Gasteiger partial charge in [-0.25, -0.2) is 4.79 Å². The lowest BCUT2D eigenvalue weighted by molar-refractivity contribution is 0.0601. The van der Waals surface area contributed by atoms with Gasteiger partial charge in [0.15, 0.2) is 0 Å². The molecule has 0 aliphatic heterocycles. The van der Waals surface area contributed by atoms with Crippen molar-refractivity contribution < 1.29 is 9.53 Å². The summed E-state index contributed by atoms with van der Waals surface area (Å²) >= 11 is 0. The molecule has 0 aromatic carbocycles. The molecular weight excluding hydrogens is 280 g/mol. The Kier molecular flexibility index (Phi) is 3.82. The minimum absolute atomic E-state index is 0.303. The summed E-state index contributed by atoms with van der Waals surface area (Å²) in [5.74, 6) is -0.493. The third-order valence-electron chi connectivity index (χ3n) is 3.03. The zero-order valence-corrected chi connectivity index (χ0v) is 11.8. The largest absolute Gasteiger partial charge is 0.465 e. The lowest BCUT2D eigenvalue weighted by Gasteiger charge is -2.07. The molecule has 0 aliphatic carbocycles. The summed E-state index contributed by atoms with van der Waals surface area (Å²) < 4.78 is 4.83. The number of esters is 1. The van der Waals surface area contributed by atoms with Gasteiger partial charge in [-0.15, -0.1) is 10.2 Å². The van der Waals surface area contributed by atoms with Gasteiger partial charge in [0.05, 0.1) is 24.1 Å². The topological polar surface area (TPSA) is 77.9 Å². The van der Waals surface area contributed by atoms with Crippen LogP contribution in [0.4, 0.5) is 0 Å². The lowest BCUT2D eigenvalue weighted by atomic mass is 10.1. The molecule has 0 atom stereocenters. The van der Waals surface area contributed by atoms with E-state index in [-0.39, 0.29) is 0 Å². The zero-order valence-electron chi connectivity index (χ0n) is 11.8. The highest BCUT2D eigenvalue weighted by atomic mass is 16.5. The first kappa shape index (κ1) is 13.8. The van der Waals surface area contributed by atoms with Crippen molar-refractivity contribution in [1.29, 1.82) is 0 Å². The first-order valence-corrected chi connectivity index (χ1v) is 6.58. The van der Waals surface area contributed by atoms with E-state index in [0.29, 0.717) is 28.3 Å². The molecule has 108 valence electrons. The summed E-state index contributed by atoms with van der Waals surface area (Å²) in [5, 5.41) is 8.28. The predicted octanol–water partition coefficient (Wildman–Crippen LogP) is 2.39. The van der Waals surface area contributed by atoms with E-state index in [0.717, 1.165) is 0 Å². The fourth-order valence-corrected chi connectivity index (χ4v) is 1.99. The Bertz CT molecular complexity index is 792. The van der Waals surface area contributed by atoms with E-state index in [1.807, 2.05) is 12.1 Å². The SMILES string of the molecule is COC(=O)c1cc(-c2ccccn2)nnc1-c1ccccn1. The number of rotatable bonds is 3.